The van der Waals surface area contributed by atoms with Crippen LogP contribution in [0, 0.1) is 0 Å². The van der Waals surface area contributed by atoms with Crippen LogP contribution in [0.2, 0.25) is 0 Å². The first-order valence-electron chi connectivity index (χ1n) is 6.78. The fraction of sp³-hybridized carbons (Fsp3) is 0.400. The number of aryl methyl sites for hydroxylation is 2. The summed E-state index contributed by atoms with van der Waals surface area (Å²) in [4.78, 5) is 0. The van der Waals surface area contributed by atoms with Crippen LogP contribution in [-0.2, 0) is 20.0 Å². The van der Waals surface area contributed by atoms with E-state index in [1.807, 2.05) is 24.9 Å². The van der Waals surface area contributed by atoms with E-state index in [9.17, 15) is 10.2 Å². The Kier molecular flexibility index (Phi) is 4.29. The summed E-state index contributed by atoms with van der Waals surface area (Å²) in [6.45, 7) is 4.71. The van der Waals surface area contributed by atoms with Gasteiger partial charge in [0.05, 0.1) is 5.69 Å². The van der Waals surface area contributed by atoms with Crippen molar-refractivity contribution in [1.82, 2.24) is 15.1 Å². The molecule has 5 nitrogen and oxygen atoms in total. The Hall–Kier alpha value is -2.01. The molecule has 0 amide bonds. The van der Waals surface area contributed by atoms with Crippen LogP contribution in [0.3, 0.4) is 0 Å². The molecule has 0 saturated carbocycles. The SMILES string of the molecule is CCc1nn(C)cc1CNC(C)c1cc(O)ccc1O. The third-order valence-corrected chi connectivity index (χ3v) is 3.40. The van der Waals surface area contributed by atoms with E-state index in [0.717, 1.165) is 17.7 Å². The zero-order chi connectivity index (χ0) is 14.7. The van der Waals surface area contributed by atoms with E-state index in [2.05, 4.69) is 17.3 Å². The molecular formula is C15H21N3O2. The van der Waals surface area contributed by atoms with Crippen molar-refractivity contribution in [1.29, 1.82) is 0 Å². The Bertz CT molecular complexity index is 593. The highest BCUT2D eigenvalue weighted by Gasteiger charge is 2.12. The molecule has 1 aromatic heterocycles. The summed E-state index contributed by atoms with van der Waals surface area (Å²) in [5.74, 6) is 0.340. The summed E-state index contributed by atoms with van der Waals surface area (Å²) in [5.41, 5.74) is 2.92. The van der Waals surface area contributed by atoms with E-state index in [4.69, 9.17) is 0 Å². The quantitative estimate of drug-likeness (QED) is 0.732. The van der Waals surface area contributed by atoms with Gasteiger partial charge in [-0.1, -0.05) is 6.92 Å². The lowest BCUT2D eigenvalue weighted by atomic mass is 10.1. The van der Waals surface area contributed by atoms with Crippen molar-refractivity contribution in [2.24, 2.45) is 7.05 Å². The highest BCUT2D eigenvalue weighted by molar-refractivity contribution is 5.40. The van der Waals surface area contributed by atoms with Gasteiger partial charge in [0.1, 0.15) is 11.5 Å². The molecule has 3 N–H and O–H groups in total. The van der Waals surface area contributed by atoms with Gasteiger partial charge in [-0.3, -0.25) is 4.68 Å². The maximum Gasteiger partial charge on any atom is 0.120 e. The molecule has 5 heteroatoms. The van der Waals surface area contributed by atoms with E-state index in [1.165, 1.54) is 12.1 Å². The van der Waals surface area contributed by atoms with Crippen molar-refractivity contribution in [2.75, 3.05) is 0 Å². The van der Waals surface area contributed by atoms with Crippen LogP contribution in [0.1, 0.15) is 36.7 Å². The third kappa shape index (κ3) is 3.11. The van der Waals surface area contributed by atoms with E-state index in [1.54, 1.807) is 6.07 Å². The average Bonchev–Trinajstić information content (AvgIpc) is 2.79. The van der Waals surface area contributed by atoms with Crippen LogP contribution >= 0.6 is 0 Å². The maximum atomic E-state index is 9.84. The number of nitrogens with zero attached hydrogens (tertiary/aromatic N) is 2. The molecule has 0 radical (unpaired) electrons. The lowest BCUT2D eigenvalue weighted by Gasteiger charge is -2.15. The van der Waals surface area contributed by atoms with Gasteiger partial charge in [0.2, 0.25) is 0 Å². The van der Waals surface area contributed by atoms with Gasteiger partial charge in [-0.15, -0.1) is 0 Å². The standard InChI is InChI=1S/C15H21N3O2/c1-4-14-11(9-18(3)17-14)8-16-10(2)13-7-12(19)5-6-15(13)20/h5-7,9-10,16,19-20H,4,8H2,1-3H3. The average molecular weight is 275 g/mol. The fourth-order valence-corrected chi connectivity index (χ4v) is 2.29. The van der Waals surface area contributed by atoms with Gasteiger partial charge in [0.25, 0.3) is 0 Å². The summed E-state index contributed by atoms with van der Waals surface area (Å²) in [6, 6.07) is 4.50. The minimum Gasteiger partial charge on any atom is -0.508 e. The zero-order valence-corrected chi connectivity index (χ0v) is 12.1. The Morgan fingerprint density at radius 1 is 1.35 bits per heavy atom. The van der Waals surface area contributed by atoms with Crippen LogP contribution in [0.5, 0.6) is 11.5 Å². The minimum atomic E-state index is -0.0630. The number of phenols is 2. The summed E-state index contributed by atoms with van der Waals surface area (Å²) in [6.07, 6.45) is 2.89. The van der Waals surface area contributed by atoms with E-state index in [-0.39, 0.29) is 17.5 Å². The van der Waals surface area contributed by atoms with Gasteiger partial charge in [-0.2, -0.15) is 5.10 Å². The molecule has 20 heavy (non-hydrogen) atoms. The molecule has 2 aromatic rings. The Morgan fingerprint density at radius 3 is 2.80 bits per heavy atom. The number of nitrogens with one attached hydrogen (secondary N) is 1. The van der Waals surface area contributed by atoms with Gasteiger partial charge < -0.3 is 15.5 Å². The smallest absolute Gasteiger partial charge is 0.120 e. The topological polar surface area (TPSA) is 70.3 Å². The molecule has 0 bridgehead atoms. The number of phenolic OH excluding ortho intramolecular Hbond substituents is 2. The third-order valence-electron chi connectivity index (χ3n) is 3.40. The van der Waals surface area contributed by atoms with Gasteiger partial charge in [0, 0.05) is 37.0 Å². The summed E-state index contributed by atoms with van der Waals surface area (Å²) >= 11 is 0. The molecule has 0 saturated heterocycles. The minimum absolute atomic E-state index is 0.0630. The van der Waals surface area contributed by atoms with E-state index in [0.29, 0.717) is 12.1 Å². The summed E-state index contributed by atoms with van der Waals surface area (Å²) in [7, 11) is 1.91. The van der Waals surface area contributed by atoms with Gasteiger partial charge >= 0.3 is 0 Å². The first kappa shape index (κ1) is 14.4. The molecule has 108 valence electrons. The fourth-order valence-electron chi connectivity index (χ4n) is 2.29. The second kappa shape index (κ2) is 5.96. The van der Waals surface area contributed by atoms with Crippen molar-refractivity contribution >= 4 is 0 Å². The highest BCUT2D eigenvalue weighted by atomic mass is 16.3. The predicted molar refractivity (Wildman–Crippen MR) is 77.6 cm³/mol. The molecule has 0 aliphatic rings. The maximum absolute atomic E-state index is 9.84. The molecule has 1 aromatic carbocycles. The second-order valence-corrected chi connectivity index (χ2v) is 4.97. The largest absolute Gasteiger partial charge is 0.508 e. The van der Waals surface area contributed by atoms with Crippen LogP contribution < -0.4 is 5.32 Å². The number of hydrogen-bond acceptors (Lipinski definition) is 4. The molecule has 0 aliphatic heterocycles. The zero-order valence-electron chi connectivity index (χ0n) is 12.1. The first-order valence-corrected chi connectivity index (χ1v) is 6.78. The van der Waals surface area contributed by atoms with Crippen molar-refractivity contribution in [3.05, 3.63) is 41.2 Å². The summed E-state index contributed by atoms with van der Waals surface area (Å²) < 4.78 is 1.81. The normalized spacial score (nSPS) is 12.6. The lowest BCUT2D eigenvalue weighted by molar-refractivity contribution is 0.440. The molecule has 0 spiro atoms. The van der Waals surface area contributed by atoms with E-state index >= 15 is 0 Å². The van der Waals surface area contributed by atoms with Crippen molar-refractivity contribution in [2.45, 2.75) is 32.9 Å². The number of aromatic nitrogens is 2. The van der Waals surface area contributed by atoms with Crippen molar-refractivity contribution < 1.29 is 10.2 Å². The lowest BCUT2D eigenvalue weighted by Crippen LogP contribution is -2.18. The molecule has 0 fully saturated rings. The molecular weight excluding hydrogens is 254 g/mol. The molecule has 0 aliphatic carbocycles. The molecule has 2 rings (SSSR count). The van der Waals surface area contributed by atoms with Crippen LogP contribution in [0.15, 0.2) is 24.4 Å². The van der Waals surface area contributed by atoms with Crippen LogP contribution in [0.25, 0.3) is 0 Å². The predicted octanol–water partition coefficient (Wildman–Crippen LogP) is 2.24. The van der Waals surface area contributed by atoms with Crippen molar-refractivity contribution in [3.8, 4) is 11.5 Å². The first-order chi connectivity index (χ1) is 9.51. The molecule has 1 atom stereocenters. The van der Waals surface area contributed by atoms with Gasteiger partial charge in [-0.25, -0.2) is 0 Å². The Morgan fingerprint density at radius 2 is 2.10 bits per heavy atom. The number of hydrogen-bond donors (Lipinski definition) is 3. The monoisotopic (exact) mass is 275 g/mol. The van der Waals surface area contributed by atoms with Crippen molar-refractivity contribution in [3.63, 3.8) is 0 Å². The number of benzene rings is 1. The van der Waals surface area contributed by atoms with Gasteiger partial charge in [-0.05, 0) is 31.5 Å². The Balaban J connectivity index is 2.08. The molecule has 1 heterocycles. The number of aromatic hydroxyl groups is 2. The Labute approximate surface area is 118 Å². The van der Waals surface area contributed by atoms with Crippen LogP contribution in [-0.4, -0.2) is 20.0 Å². The van der Waals surface area contributed by atoms with Crippen LogP contribution in [0.4, 0.5) is 0 Å². The summed E-state index contributed by atoms with van der Waals surface area (Å²) in [5, 5.41) is 27.1. The second-order valence-electron chi connectivity index (χ2n) is 4.97. The van der Waals surface area contributed by atoms with E-state index < -0.39 is 0 Å². The molecule has 1 unspecified atom stereocenters. The van der Waals surface area contributed by atoms with Gasteiger partial charge in [0.15, 0.2) is 0 Å². The number of rotatable bonds is 5. The highest BCUT2D eigenvalue weighted by Crippen LogP contribution is 2.27.